The lowest BCUT2D eigenvalue weighted by atomic mass is 10.2. The van der Waals surface area contributed by atoms with Gasteiger partial charge in [0.25, 0.3) is 0 Å². The normalized spacial score (nSPS) is 9.08. The van der Waals surface area contributed by atoms with Crippen LogP contribution in [0.3, 0.4) is 0 Å². The standard InChI is InChI=1S/C12H18N/c1-3-5-7-9-11-13-12-10-8-6-4-2/h1-2H,5-12H2. The van der Waals surface area contributed by atoms with Crippen molar-refractivity contribution in [1.29, 1.82) is 0 Å². The highest BCUT2D eigenvalue weighted by atomic mass is 14.8. The molecule has 0 saturated carbocycles. The van der Waals surface area contributed by atoms with E-state index >= 15 is 0 Å². The van der Waals surface area contributed by atoms with E-state index < -0.39 is 0 Å². The number of terminal acetylenes is 2. The summed E-state index contributed by atoms with van der Waals surface area (Å²) in [5.74, 6) is 5.25. The van der Waals surface area contributed by atoms with Crippen LogP contribution in [0.15, 0.2) is 0 Å². The maximum Gasteiger partial charge on any atom is 0.0133 e. The molecule has 0 bridgehead atoms. The van der Waals surface area contributed by atoms with Gasteiger partial charge in [0.1, 0.15) is 0 Å². The van der Waals surface area contributed by atoms with E-state index in [1.807, 2.05) is 0 Å². The number of hydrogen-bond donors (Lipinski definition) is 0. The summed E-state index contributed by atoms with van der Waals surface area (Å²) in [4.78, 5) is 0. The predicted molar refractivity (Wildman–Crippen MR) is 57.2 cm³/mol. The fourth-order valence-corrected chi connectivity index (χ4v) is 1.01. The van der Waals surface area contributed by atoms with Crippen LogP contribution in [0.5, 0.6) is 0 Å². The summed E-state index contributed by atoms with van der Waals surface area (Å²) in [7, 11) is 0. The van der Waals surface area contributed by atoms with Gasteiger partial charge in [-0.3, -0.25) is 0 Å². The Bertz CT molecular complexity index is 151. The molecule has 0 aromatic heterocycles. The molecule has 13 heavy (non-hydrogen) atoms. The number of nitrogens with zero attached hydrogens (tertiary/aromatic N) is 1. The molecule has 1 nitrogen and oxygen atoms in total. The molecule has 0 fully saturated rings. The molecule has 0 aliphatic rings. The molecule has 0 N–H and O–H groups in total. The molecule has 0 spiro atoms. The lowest BCUT2D eigenvalue weighted by Gasteiger charge is -1.99. The van der Waals surface area contributed by atoms with E-state index in [2.05, 4.69) is 17.2 Å². The van der Waals surface area contributed by atoms with E-state index in [-0.39, 0.29) is 0 Å². The number of unbranched alkanes of at least 4 members (excludes halogenated alkanes) is 4. The van der Waals surface area contributed by atoms with Crippen molar-refractivity contribution in [2.24, 2.45) is 0 Å². The first-order valence-electron chi connectivity index (χ1n) is 4.92. The van der Waals surface area contributed by atoms with Gasteiger partial charge >= 0.3 is 0 Å². The highest BCUT2D eigenvalue weighted by Gasteiger charge is 1.89. The summed E-state index contributed by atoms with van der Waals surface area (Å²) in [5.41, 5.74) is 0. The van der Waals surface area contributed by atoms with E-state index in [1.54, 1.807) is 0 Å². The topological polar surface area (TPSA) is 14.1 Å². The molecule has 0 rings (SSSR count). The first-order valence-corrected chi connectivity index (χ1v) is 4.92. The van der Waals surface area contributed by atoms with Gasteiger partial charge in [-0.15, -0.1) is 24.7 Å². The molecule has 0 aromatic carbocycles. The molecule has 71 valence electrons. The summed E-state index contributed by atoms with van der Waals surface area (Å²) >= 11 is 0. The molecule has 0 unspecified atom stereocenters. The summed E-state index contributed by atoms with van der Waals surface area (Å²) in [5, 5.41) is 4.38. The Hall–Kier alpha value is -0.920. The lowest BCUT2D eigenvalue weighted by Crippen LogP contribution is -2.08. The van der Waals surface area contributed by atoms with E-state index in [9.17, 15) is 0 Å². The zero-order valence-electron chi connectivity index (χ0n) is 8.26. The van der Waals surface area contributed by atoms with E-state index in [0.29, 0.717) is 0 Å². The minimum Gasteiger partial charge on any atom is -0.242 e. The van der Waals surface area contributed by atoms with Gasteiger partial charge in [0.15, 0.2) is 0 Å². The van der Waals surface area contributed by atoms with E-state index in [1.165, 1.54) is 0 Å². The van der Waals surface area contributed by atoms with Crippen molar-refractivity contribution in [3.63, 3.8) is 0 Å². The molecule has 0 heterocycles. The Balaban J connectivity index is 2.85. The van der Waals surface area contributed by atoms with Crippen LogP contribution in [0.25, 0.3) is 0 Å². The van der Waals surface area contributed by atoms with Crippen LogP contribution in [0.2, 0.25) is 0 Å². The quantitative estimate of drug-likeness (QED) is 0.397. The molecule has 1 radical (unpaired) electrons. The Morgan fingerprint density at radius 1 is 0.769 bits per heavy atom. The first kappa shape index (κ1) is 12.1. The van der Waals surface area contributed by atoms with E-state index in [4.69, 9.17) is 12.8 Å². The van der Waals surface area contributed by atoms with E-state index in [0.717, 1.165) is 51.6 Å². The fourth-order valence-electron chi connectivity index (χ4n) is 1.01. The zero-order valence-corrected chi connectivity index (χ0v) is 8.26. The van der Waals surface area contributed by atoms with Crippen LogP contribution in [-0.4, -0.2) is 13.1 Å². The molecule has 0 aromatic rings. The Morgan fingerprint density at radius 2 is 1.23 bits per heavy atom. The Morgan fingerprint density at radius 3 is 1.62 bits per heavy atom. The zero-order chi connectivity index (χ0) is 9.78. The molecule has 0 aliphatic heterocycles. The third kappa shape index (κ3) is 11.1. The third-order valence-corrected chi connectivity index (χ3v) is 1.77. The second kappa shape index (κ2) is 11.1. The highest BCUT2D eigenvalue weighted by molar-refractivity contribution is 4.83. The molecule has 0 saturated heterocycles. The van der Waals surface area contributed by atoms with Crippen molar-refractivity contribution < 1.29 is 0 Å². The second-order valence-corrected chi connectivity index (χ2v) is 2.99. The minimum atomic E-state index is 0.882. The summed E-state index contributed by atoms with van der Waals surface area (Å²) in [6.07, 6.45) is 16.5. The van der Waals surface area contributed by atoms with Crippen molar-refractivity contribution in [3.05, 3.63) is 0 Å². The molecular formula is C12H18N. The minimum absolute atomic E-state index is 0.882. The van der Waals surface area contributed by atoms with Crippen molar-refractivity contribution in [1.82, 2.24) is 5.32 Å². The average Bonchev–Trinajstić information content (AvgIpc) is 2.16. The highest BCUT2D eigenvalue weighted by Crippen LogP contribution is 1.94. The van der Waals surface area contributed by atoms with Gasteiger partial charge in [-0.25, -0.2) is 5.32 Å². The van der Waals surface area contributed by atoms with Gasteiger partial charge in [-0.2, -0.15) is 0 Å². The Labute approximate surface area is 82.3 Å². The molecule has 0 amide bonds. The van der Waals surface area contributed by atoms with Crippen molar-refractivity contribution >= 4 is 0 Å². The van der Waals surface area contributed by atoms with Crippen molar-refractivity contribution in [3.8, 4) is 24.7 Å². The lowest BCUT2D eigenvalue weighted by molar-refractivity contribution is 0.587. The smallest absolute Gasteiger partial charge is 0.0133 e. The van der Waals surface area contributed by atoms with Crippen molar-refractivity contribution in [2.75, 3.05) is 13.1 Å². The molecular weight excluding hydrogens is 158 g/mol. The third-order valence-electron chi connectivity index (χ3n) is 1.77. The van der Waals surface area contributed by atoms with Gasteiger partial charge in [0.2, 0.25) is 0 Å². The summed E-state index contributed by atoms with van der Waals surface area (Å²) in [6, 6.07) is 0. The number of rotatable bonds is 8. The predicted octanol–water partition coefficient (Wildman–Crippen LogP) is 2.20. The van der Waals surface area contributed by atoms with Gasteiger partial charge in [-0.1, -0.05) is 0 Å². The van der Waals surface area contributed by atoms with Crippen LogP contribution >= 0.6 is 0 Å². The van der Waals surface area contributed by atoms with Crippen LogP contribution in [0, 0.1) is 24.7 Å². The summed E-state index contributed by atoms with van der Waals surface area (Å²) < 4.78 is 0. The average molecular weight is 176 g/mol. The largest absolute Gasteiger partial charge is 0.242 e. The number of hydrogen-bond acceptors (Lipinski definition) is 0. The van der Waals surface area contributed by atoms with Crippen LogP contribution < -0.4 is 5.32 Å². The molecule has 0 atom stereocenters. The van der Waals surface area contributed by atoms with Crippen molar-refractivity contribution in [2.45, 2.75) is 38.5 Å². The van der Waals surface area contributed by atoms with Crippen LogP contribution in [0.4, 0.5) is 0 Å². The van der Waals surface area contributed by atoms with Crippen LogP contribution in [-0.2, 0) is 0 Å². The van der Waals surface area contributed by atoms with Gasteiger partial charge in [0.05, 0.1) is 0 Å². The maximum absolute atomic E-state index is 5.12. The molecule has 1 heteroatoms. The SMILES string of the molecule is C#CCCCC[N]CCCCC#C. The fraction of sp³-hybridized carbons (Fsp3) is 0.667. The monoisotopic (exact) mass is 176 g/mol. The second-order valence-electron chi connectivity index (χ2n) is 2.99. The first-order chi connectivity index (χ1) is 6.41. The molecule has 0 aliphatic carbocycles. The maximum atomic E-state index is 5.12. The van der Waals surface area contributed by atoms with Gasteiger partial charge in [0, 0.05) is 25.9 Å². The van der Waals surface area contributed by atoms with Crippen LogP contribution in [0.1, 0.15) is 38.5 Å². The van der Waals surface area contributed by atoms with Gasteiger partial charge in [-0.05, 0) is 25.7 Å². The van der Waals surface area contributed by atoms with Gasteiger partial charge < -0.3 is 0 Å². The Kier molecular flexibility index (Phi) is 10.3. The summed E-state index contributed by atoms with van der Waals surface area (Å²) in [6.45, 7) is 1.91.